The molecule has 4 nitrogen and oxygen atoms in total. The van der Waals surface area contributed by atoms with Crippen molar-refractivity contribution in [1.82, 2.24) is 10.2 Å². The van der Waals surface area contributed by atoms with Gasteiger partial charge in [0.05, 0.1) is 0 Å². The fraction of sp³-hybridized carbons (Fsp3) is 0.600. The van der Waals surface area contributed by atoms with Gasteiger partial charge in [0.1, 0.15) is 0 Å². The second kappa shape index (κ2) is 6.58. The summed E-state index contributed by atoms with van der Waals surface area (Å²) in [5.74, 6) is 1.68. The molecule has 2 bridgehead atoms. The molecule has 0 saturated heterocycles. The zero-order valence-electron chi connectivity index (χ0n) is 14.2. The van der Waals surface area contributed by atoms with E-state index >= 15 is 0 Å². The van der Waals surface area contributed by atoms with Crippen molar-refractivity contribution in [2.45, 2.75) is 57.5 Å². The van der Waals surface area contributed by atoms with Gasteiger partial charge in [-0.3, -0.25) is 9.59 Å². The molecule has 2 aliphatic carbocycles. The van der Waals surface area contributed by atoms with Crippen LogP contribution in [0.15, 0.2) is 24.3 Å². The summed E-state index contributed by atoms with van der Waals surface area (Å²) in [6.45, 7) is 1.45. The maximum Gasteiger partial charge on any atom is 0.223 e. The Balaban J connectivity index is 1.24. The summed E-state index contributed by atoms with van der Waals surface area (Å²) in [5, 5.41) is 3.17. The smallest absolute Gasteiger partial charge is 0.223 e. The second-order valence-corrected chi connectivity index (χ2v) is 7.68. The van der Waals surface area contributed by atoms with Crippen molar-refractivity contribution in [3.8, 4) is 0 Å². The summed E-state index contributed by atoms with van der Waals surface area (Å²) < 4.78 is 0. The molecule has 2 amide bonds. The molecule has 0 unspecified atom stereocenters. The topological polar surface area (TPSA) is 49.4 Å². The summed E-state index contributed by atoms with van der Waals surface area (Å²) in [4.78, 5) is 26.5. The van der Waals surface area contributed by atoms with Crippen molar-refractivity contribution >= 4 is 11.8 Å². The minimum atomic E-state index is 0.0540. The molecule has 2 saturated carbocycles. The highest BCUT2D eigenvalue weighted by molar-refractivity contribution is 5.84. The molecule has 0 radical (unpaired) electrons. The zero-order chi connectivity index (χ0) is 16.5. The number of nitrogens with one attached hydrogen (secondary N) is 1. The van der Waals surface area contributed by atoms with Crippen LogP contribution in [0.4, 0.5) is 0 Å². The number of hydrogen-bond donors (Lipinski definition) is 1. The first-order valence-electron chi connectivity index (χ1n) is 9.33. The Kier molecular flexibility index (Phi) is 4.30. The number of amides is 2. The van der Waals surface area contributed by atoms with E-state index in [9.17, 15) is 9.59 Å². The van der Waals surface area contributed by atoms with Crippen molar-refractivity contribution in [3.05, 3.63) is 35.4 Å². The highest BCUT2D eigenvalue weighted by Gasteiger charge is 2.40. The Morgan fingerprint density at radius 3 is 2.67 bits per heavy atom. The van der Waals surface area contributed by atoms with Crippen molar-refractivity contribution < 1.29 is 9.59 Å². The average molecular weight is 326 g/mol. The summed E-state index contributed by atoms with van der Waals surface area (Å²) in [6, 6.07) is 8.68. The quantitative estimate of drug-likeness (QED) is 0.925. The third-order valence-electron chi connectivity index (χ3n) is 6.13. The number of hydrogen-bond acceptors (Lipinski definition) is 2. The van der Waals surface area contributed by atoms with Gasteiger partial charge in [-0.15, -0.1) is 0 Å². The third kappa shape index (κ3) is 3.19. The van der Waals surface area contributed by atoms with Gasteiger partial charge in [0.2, 0.25) is 11.8 Å². The molecule has 0 spiro atoms. The molecular formula is C20H26N2O2. The molecular weight excluding hydrogens is 300 g/mol. The van der Waals surface area contributed by atoms with E-state index in [2.05, 4.69) is 23.5 Å². The van der Waals surface area contributed by atoms with E-state index in [1.165, 1.54) is 30.4 Å². The number of carbonyl (C=O) groups excluding carboxylic acids is 2. The SMILES string of the molecule is O=C(CCC(=O)N1CCc2ccccc2C1)N[C@@H]1C[C@H]2CC[C@@H]1C2. The molecule has 1 aliphatic heterocycles. The highest BCUT2D eigenvalue weighted by atomic mass is 16.2. The highest BCUT2D eigenvalue weighted by Crippen LogP contribution is 2.44. The van der Waals surface area contributed by atoms with Crippen molar-refractivity contribution in [3.63, 3.8) is 0 Å². The number of fused-ring (bicyclic) bond motifs is 3. The Labute approximate surface area is 143 Å². The number of nitrogens with zero attached hydrogens (tertiary/aromatic N) is 1. The predicted molar refractivity (Wildman–Crippen MR) is 92.2 cm³/mol. The Bertz CT molecular complexity index is 642. The molecule has 4 rings (SSSR count). The molecule has 3 atom stereocenters. The number of rotatable bonds is 4. The first-order valence-corrected chi connectivity index (χ1v) is 9.33. The molecule has 1 aromatic carbocycles. The Morgan fingerprint density at radius 1 is 1.08 bits per heavy atom. The van der Waals surface area contributed by atoms with Crippen molar-refractivity contribution in [2.75, 3.05) is 6.54 Å². The zero-order valence-corrected chi connectivity index (χ0v) is 14.2. The summed E-state index contributed by atoms with van der Waals surface area (Å²) in [7, 11) is 0. The lowest BCUT2D eigenvalue weighted by molar-refractivity contribution is -0.134. The van der Waals surface area contributed by atoms with Gasteiger partial charge in [0, 0.05) is 32.0 Å². The van der Waals surface area contributed by atoms with Crippen LogP contribution in [0.1, 0.15) is 49.7 Å². The molecule has 2 fully saturated rings. The minimum absolute atomic E-state index is 0.0540. The maximum atomic E-state index is 12.4. The van der Waals surface area contributed by atoms with Crippen LogP contribution in [0.3, 0.4) is 0 Å². The van der Waals surface area contributed by atoms with E-state index in [0.717, 1.165) is 25.3 Å². The van der Waals surface area contributed by atoms with Crippen molar-refractivity contribution in [2.24, 2.45) is 11.8 Å². The number of benzene rings is 1. The van der Waals surface area contributed by atoms with E-state index < -0.39 is 0 Å². The lowest BCUT2D eigenvalue weighted by Gasteiger charge is -2.29. The molecule has 1 N–H and O–H groups in total. The molecule has 1 heterocycles. The lowest BCUT2D eigenvalue weighted by Crippen LogP contribution is -2.40. The van der Waals surface area contributed by atoms with Crippen molar-refractivity contribution in [1.29, 1.82) is 0 Å². The van der Waals surface area contributed by atoms with Gasteiger partial charge in [-0.25, -0.2) is 0 Å². The Hall–Kier alpha value is -1.84. The fourth-order valence-electron chi connectivity index (χ4n) is 4.79. The van der Waals surface area contributed by atoms with Crippen LogP contribution in [0.2, 0.25) is 0 Å². The van der Waals surface area contributed by atoms with Crippen LogP contribution >= 0.6 is 0 Å². The summed E-state index contributed by atoms with van der Waals surface area (Å²) in [5.41, 5.74) is 2.58. The molecule has 4 heteroatoms. The molecule has 3 aliphatic rings. The van der Waals surface area contributed by atoms with Crippen LogP contribution in [0.5, 0.6) is 0 Å². The standard InChI is InChI=1S/C20H26N2O2/c23-19(21-18-12-14-5-6-16(18)11-14)7-8-20(24)22-10-9-15-3-1-2-4-17(15)13-22/h1-4,14,16,18H,5-13H2,(H,21,23)/t14-,16+,18+/m0/s1. The maximum absolute atomic E-state index is 12.4. The minimum Gasteiger partial charge on any atom is -0.353 e. The summed E-state index contributed by atoms with van der Waals surface area (Å²) >= 11 is 0. The fourth-order valence-corrected chi connectivity index (χ4v) is 4.79. The van der Waals surface area contributed by atoms with E-state index in [1.807, 2.05) is 11.0 Å². The van der Waals surface area contributed by atoms with Crippen LogP contribution in [0.25, 0.3) is 0 Å². The second-order valence-electron chi connectivity index (χ2n) is 7.68. The predicted octanol–water partition coefficient (Wildman–Crippen LogP) is 2.66. The first-order chi connectivity index (χ1) is 11.7. The first kappa shape index (κ1) is 15.7. The largest absolute Gasteiger partial charge is 0.353 e. The van der Waals surface area contributed by atoms with E-state index in [4.69, 9.17) is 0 Å². The summed E-state index contributed by atoms with van der Waals surface area (Å²) in [6.07, 6.45) is 6.61. The van der Waals surface area contributed by atoms with Gasteiger partial charge in [-0.05, 0) is 48.6 Å². The Morgan fingerprint density at radius 2 is 1.92 bits per heavy atom. The van der Waals surface area contributed by atoms with Crippen LogP contribution in [-0.2, 0) is 22.6 Å². The van der Waals surface area contributed by atoms with Gasteiger partial charge >= 0.3 is 0 Å². The van der Waals surface area contributed by atoms with Gasteiger partial charge in [-0.1, -0.05) is 30.7 Å². The van der Waals surface area contributed by atoms with Gasteiger partial charge in [0.25, 0.3) is 0 Å². The molecule has 128 valence electrons. The third-order valence-corrected chi connectivity index (χ3v) is 6.13. The van der Waals surface area contributed by atoms with E-state index in [-0.39, 0.29) is 11.8 Å². The van der Waals surface area contributed by atoms with E-state index in [0.29, 0.717) is 31.3 Å². The van der Waals surface area contributed by atoms with Crippen LogP contribution < -0.4 is 5.32 Å². The van der Waals surface area contributed by atoms with Gasteiger partial charge in [0.15, 0.2) is 0 Å². The van der Waals surface area contributed by atoms with Gasteiger partial charge in [-0.2, -0.15) is 0 Å². The van der Waals surface area contributed by atoms with E-state index in [1.54, 1.807) is 0 Å². The van der Waals surface area contributed by atoms with Gasteiger partial charge < -0.3 is 10.2 Å². The molecule has 0 aromatic heterocycles. The molecule has 1 aromatic rings. The average Bonchev–Trinajstić information content (AvgIpc) is 3.22. The number of carbonyl (C=O) groups is 2. The van der Waals surface area contributed by atoms with Crippen LogP contribution in [-0.4, -0.2) is 29.3 Å². The lowest BCUT2D eigenvalue weighted by atomic mass is 9.95. The monoisotopic (exact) mass is 326 g/mol. The molecule has 24 heavy (non-hydrogen) atoms. The normalized spacial score (nSPS) is 27.8. The van der Waals surface area contributed by atoms with Crippen LogP contribution in [0, 0.1) is 11.8 Å².